The van der Waals surface area contributed by atoms with Crippen molar-refractivity contribution in [3.63, 3.8) is 0 Å². The van der Waals surface area contributed by atoms with Crippen LogP contribution in [0.3, 0.4) is 0 Å². The first-order valence-electron chi connectivity index (χ1n) is 3.67. The van der Waals surface area contributed by atoms with Gasteiger partial charge in [0.05, 0.1) is 0 Å². The summed E-state index contributed by atoms with van der Waals surface area (Å²) in [4.78, 5) is 10.4. The minimum atomic E-state index is -1.01. The number of rotatable bonds is 2. The van der Waals surface area contributed by atoms with Crippen LogP contribution in [-0.4, -0.2) is 22.2 Å². The van der Waals surface area contributed by atoms with E-state index in [0.29, 0.717) is 6.42 Å². The van der Waals surface area contributed by atoms with Gasteiger partial charge < -0.3 is 15.9 Å². The number of hydrogen-bond acceptors (Lipinski definition) is 3. The molecule has 0 aliphatic heterocycles. The van der Waals surface area contributed by atoms with E-state index in [1.165, 1.54) is 6.08 Å². The Hall–Kier alpha value is -1.29. The lowest BCUT2D eigenvalue weighted by Gasteiger charge is -2.17. The minimum Gasteiger partial charge on any atom is -0.508 e. The van der Waals surface area contributed by atoms with Gasteiger partial charge in [-0.25, -0.2) is 0 Å². The highest BCUT2D eigenvalue weighted by Crippen LogP contribution is 2.17. The highest BCUT2D eigenvalue weighted by molar-refractivity contribution is 5.74. The normalized spacial score (nSPS) is 24.8. The van der Waals surface area contributed by atoms with Crippen molar-refractivity contribution < 1.29 is 15.0 Å². The maximum atomic E-state index is 10.4. The summed E-state index contributed by atoms with van der Waals surface area (Å²) in [5.41, 5.74) is 5.37. The lowest BCUT2D eigenvalue weighted by molar-refractivity contribution is -0.139. The fourth-order valence-corrected chi connectivity index (χ4v) is 1.08. The molecule has 0 aromatic heterocycles. The van der Waals surface area contributed by atoms with Crippen LogP contribution in [0.2, 0.25) is 0 Å². The Morgan fingerprint density at radius 1 is 1.75 bits per heavy atom. The van der Waals surface area contributed by atoms with E-state index >= 15 is 0 Å². The van der Waals surface area contributed by atoms with Crippen LogP contribution in [-0.2, 0) is 4.79 Å². The molecular weight excluding hydrogens is 158 g/mol. The molecule has 0 fully saturated rings. The van der Waals surface area contributed by atoms with E-state index in [-0.39, 0.29) is 11.7 Å². The molecule has 0 bridgehead atoms. The van der Waals surface area contributed by atoms with Crippen molar-refractivity contribution in [2.24, 2.45) is 11.7 Å². The summed E-state index contributed by atoms with van der Waals surface area (Å²) in [7, 11) is 0. The van der Waals surface area contributed by atoms with Crippen molar-refractivity contribution in [3.8, 4) is 0 Å². The summed E-state index contributed by atoms with van der Waals surface area (Å²) in [5, 5.41) is 17.5. The quantitative estimate of drug-likeness (QED) is 0.559. The molecule has 1 aliphatic rings. The summed E-state index contributed by atoms with van der Waals surface area (Å²) >= 11 is 0. The van der Waals surface area contributed by atoms with E-state index in [9.17, 15) is 4.79 Å². The van der Waals surface area contributed by atoms with Crippen molar-refractivity contribution in [1.82, 2.24) is 0 Å². The van der Waals surface area contributed by atoms with Gasteiger partial charge in [-0.15, -0.1) is 0 Å². The summed E-state index contributed by atoms with van der Waals surface area (Å²) in [6.45, 7) is 0. The fraction of sp³-hybridized carbons (Fsp3) is 0.375. The number of aliphatic hydroxyl groups excluding tert-OH is 1. The third kappa shape index (κ3) is 1.85. The van der Waals surface area contributed by atoms with E-state index < -0.39 is 12.0 Å². The Morgan fingerprint density at radius 2 is 2.42 bits per heavy atom. The van der Waals surface area contributed by atoms with Crippen LogP contribution in [0.1, 0.15) is 6.42 Å². The fourth-order valence-electron chi connectivity index (χ4n) is 1.08. The molecule has 4 heteroatoms. The maximum Gasteiger partial charge on any atom is 0.321 e. The van der Waals surface area contributed by atoms with Crippen LogP contribution in [0.25, 0.3) is 0 Å². The monoisotopic (exact) mass is 169 g/mol. The molecule has 12 heavy (non-hydrogen) atoms. The summed E-state index contributed by atoms with van der Waals surface area (Å²) in [6, 6.07) is -0.884. The largest absolute Gasteiger partial charge is 0.508 e. The van der Waals surface area contributed by atoms with Gasteiger partial charge >= 0.3 is 5.97 Å². The van der Waals surface area contributed by atoms with Crippen LogP contribution in [0.5, 0.6) is 0 Å². The topological polar surface area (TPSA) is 83.6 Å². The SMILES string of the molecule is N[C@H](C(=O)O)C1C=CC(O)=CC1. The first kappa shape index (κ1) is 8.80. The molecule has 0 aromatic carbocycles. The van der Waals surface area contributed by atoms with Crippen molar-refractivity contribution >= 4 is 5.97 Å². The van der Waals surface area contributed by atoms with Gasteiger partial charge in [0.2, 0.25) is 0 Å². The van der Waals surface area contributed by atoms with E-state index in [2.05, 4.69) is 0 Å². The number of carboxylic acid groups (broad SMARTS) is 1. The predicted octanol–water partition coefficient (Wildman–Crippen LogP) is 0.416. The second-order valence-corrected chi connectivity index (χ2v) is 2.75. The van der Waals surface area contributed by atoms with Crippen molar-refractivity contribution in [2.75, 3.05) is 0 Å². The number of carbonyl (C=O) groups is 1. The van der Waals surface area contributed by atoms with Gasteiger partial charge in [-0.3, -0.25) is 4.79 Å². The highest BCUT2D eigenvalue weighted by atomic mass is 16.4. The van der Waals surface area contributed by atoms with Crippen molar-refractivity contribution in [2.45, 2.75) is 12.5 Å². The Morgan fingerprint density at radius 3 is 2.83 bits per heavy atom. The molecule has 0 saturated carbocycles. The summed E-state index contributed by atoms with van der Waals surface area (Å²) in [6.07, 6.45) is 5.13. The van der Waals surface area contributed by atoms with Crippen LogP contribution in [0, 0.1) is 5.92 Å². The molecule has 4 nitrogen and oxygen atoms in total. The van der Waals surface area contributed by atoms with E-state index in [0.717, 1.165) is 0 Å². The zero-order chi connectivity index (χ0) is 9.14. The standard InChI is InChI=1S/C8H11NO3/c9-7(8(11)12)5-1-3-6(10)4-2-5/h1,3-5,7,10H,2,9H2,(H,11,12)/t5?,7-/m0/s1. The number of carboxylic acids is 1. The lowest BCUT2D eigenvalue weighted by Crippen LogP contribution is -2.37. The second-order valence-electron chi connectivity index (χ2n) is 2.75. The predicted molar refractivity (Wildman–Crippen MR) is 43.6 cm³/mol. The lowest BCUT2D eigenvalue weighted by atomic mass is 9.93. The third-order valence-electron chi connectivity index (χ3n) is 1.86. The first-order chi connectivity index (χ1) is 5.61. The van der Waals surface area contributed by atoms with Crippen LogP contribution >= 0.6 is 0 Å². The van der Waals surface area contributed by atoms with Gasteiger partial charge in [0, 0.05) is 5.92 Å². The zero-order valence-corrected chi connectivity index (χ0v) is 6.47. The molecule has 0 spiro atoms. The molecule has 2 atom stereocenters. The van der Waals surface area contributed by atoms with Crippen molar-refractivity contribution in [1.29, 1.82) is 0 Å². The smallest absolute Gasteiger partial charge is 0.321 e. The number of aliphatic hydroxyl groups is 1. The minimum absolute atomic E-state index is 0.170. The molecule has 1 aliphatic carbocycles. The Kier molecular flexibility index (Phi) is 2.50. The van der Waals surface area contributed by atoms with E-state index in [1.807, 2.05) is 0 Å². The third-order valence-corrected chi connectivity index (χ3v) is 1.86. The molecule has 4 N–H and O–H groups in total. The Bertz CT molecular complexity index is 245. The number of aliphatic carboxylic acids is 1. The average Bonchev–Trinajstić information content (AvgIpc) is 2.04. The molecular formula is C8H11NO3. The van der Waals surface area contributed by atoms with Gasteiger partial charge in [0.25, 0.3) is 0 Å². The molecule has 0 heterocycles. The molecule has 1 unspecified atom stereocenters. The Balaban J connectivity index is 2.59. The first-order valence-corrected chi connectivity index (χ1v) is 3.67. The summed E-state index contributed by atoms with van der Waals surface area (Å²) in [5.74, 6) is -1.05. The maximum absolute atomic E-state index is 10.4. The number of nitrogens with two attached hydrogens (primary N) is 1. The van der Waals surface area contributed by atoms with Crippen LogP contribution in [0.15, 0.2) is 24.0 Å². The molecule has 0 amide bonds. The molecule has 0 saturated heterocycles. The van der Waals surface area contributed by atoms with Crippen LogP contribution in [0.4, 0.5) is 0 Å². The van der Waals surface area contributed by atoms with Gasteiger partial charge in [-0.1, -0.05) is 6.08 Å². The van der Waals surface area contributed by atoms with Crippen molar-refractivity contribution in [3.05, 3.63) is 24.0 Å². The van der Waals surface area contributed by atoms with Gasteiger partial charge in [0.15, 0.2) is 0 Å². The molecule has 66 valence electrons. The Labute approximate surface area is 70.0 Å². The van der Waals surface area contributed by atoms with Crippen LogP contribution < -0.4 is 5.73 Å². The number of hydrogen-bond donors (Lipinski definition) is 3. The zero-order valence-electron chi connectivity index (χ0n) is 6.47. The van der Waals surface area contributed by atoms with Gasteiger partial charge in [-0.2, -0.15) is 0 Å². The molecule has 0 radical (unpaired) electrons. The van der Waals surface area contributed by atoms with Gasteiger partial charge in [-0.05, 0) is 18.6 Å². The van der Waals surface area contributed by atoms with Gasteiger partial charge in [0.1, 0.15) is 11.8 Å². The van der Waals surface area contributed by atoms with E-state index in [4.69, 9.17) is 15.9 Å². The number of allylic oxidation sites excluding steroid dienone is 2. The van der Waals surface area contributed by atoms with E-state index in [1.54, 1.807) is 12.2 Å². The second kappa shape index (κ2) is 3.40. The summed E-state index contributed by atoms with van der Waals surface area (Å²) < 4.78 is 0. The average molecular weight is 169 g/mol. The molecule has 0 aromatic rings. The highest BCUT2D eigenvalue weighted by Gasteiger charge is 2.22. The molecule has 1 rings (SSSR count).